The number of para-hydroxylation sites is 1. The predicted octanol–water partition coefficient (Wildman–Crippen LogP) is 5.03. The average molecular weight is 492 g/mol. The van der Waals surface area contributed by atoms with Crippen LogP contribution in [0.15, 0.2) is 65.0 Å². The topological polar surface area (TPSA) is 83.1 Å². The molecule has 36 heavy (non-hydrogen) atoms. The van der Waals surface area contributed by atoms with E-state index >= 15 is 0 Å². The number of ether oxygens (including phenoxy) is 4. The van der Waals surface area contributed by atoms with Crippen LogP contribution in [0.3, 0.4) is 0 Å². The van der Waals surface area contributed by atoms with E-state index in [-0.39, 0.29) is 11.7 Å². The summed E-state index contributed by atoms with van der Waals surface area (Å²) in [7, 11) is 4.79. The van der Waals surface area contributed by atoms with Gasteiger partial charge in [0.05, 0.1) is 39.4 Å². The fourth-order valence-electron chi connectivity index (χ4n) is 5.14. The van der Waals surface area contributed by atoms with E-state index in [9.17, 15) is 9.59 Å². The Morgan fingerprint density at radius 2 is 1.69 bits per heavy atom. The van der Waals surface area contributed by atoms with Crippen molar-refractivity contribution in [1.82, 2.24) is 5.32 Å². The van der Waals surface area contributed by atoms with Gasteiger partial charge in [0.15, 0.2) is 17.3 Å². The van der Waals surface area contributed by atoms with Crippen molar-refractivity contribution in [2.75, 3.05) is 27.9 Å². The van der Waals surface area contributed by atoms with Gasteiger partial charge < -0.3 is 24.3 Å². The smallest absolute Gasteiger partial charge is 0.336 e. The third-order valence-corrected chi connectivity index (χ3v) is 6.81. The summed E-state index contributed by atoms with van der Waals surface area (Å²) in [5, 5.41) is 3.39. The molecule has 0 amide bonds. The Balaban J connectivity index is 1.79. The minimum absolute atomic E-state index is 0.00673. The van der Waals surface area contributed by atoms with Gasteiger partial charge in [-0.1, -0.05) is 31.2 Å². The molecule has 7 nitrogen and oxygen atoms in total. The van der Waals surface area contributed by atoms with Crippen LogP contribution in [0.4, 0.5) is 0 Å². The normalized spacial score (nSPS) is 19.4. The van der Waals surface area contributed by atoms with Crippen molar-refractivity contribution < 1.29 is 28.5 Å². The number of carbonyl (C=O) groups is 2. The van der Waals surface area contributed by atoms with Gasteiger partial charge >= 0.3 is 5.97 Å². The molecular formula is C29H33NO6. The second-order valence-corrected chi connectivity index (χ2v) is 9.01. The van der Waals surface area contributed by atoms with Crippen molar-refractivity contribution >= 4 is 11.8 Å². The van der Waals surface area contributed by atoms with E-state index in [1.165, 1.54) is 0 Å². The maximum Gasteiger partial charge on any atom is 0.336 e. The summed E-state index contributed by atoms with van der Waals surface area (Å²) in [6.45, 7) is 4.12. The Labute approximate surface area is 212 Å². The average Bonchev–Trinajstić information content (AvgIpc) is 2.90. The molecular weight excluding hydrogens is 458 g/mol. The van der Waals surface area contributed by atoms with Crippen molar-refractivity contribution in [2.24, 2.45) is 0 Å². The Kier molecular flexibility index (Phi) is 7.67. The maximum absolute atomic E-state index is 13.8. The number of methoxy groups -OCH3 is 3. The van der Waals surface area contributed by atoms with E-state index in [2.05, 4.69) is 5.32 Å². The van der Waals surface area contributed by atoms with Gasteiger partial charge in [0.25, 0.3) is 0 Å². The molecule has 0 bridgehead atoms. The lowest BCUT2D eigenvalue weighted by Crippen LogP contribution is -2.36. The standard InChI is InChI=1S/C29H33NO6/c1-6-13-36-29(32)26-17(2)30-21-14-19(18-11-12-24(34-4)25(16-18)35-5)15-22(31)28(21)27(26)20-9-7-8-10-23(20)33-3/h7-12,16,19,27,30H,6,13-15H2,1-5H3/t19-,27-/m0/s1. The van der Waals surface area contributed by atoms with Crippen LogP contribution in [0.25, 0.3) is 0 Å². The van der Waals surface area contributed by atoms with Gasteiger partial charge in [0.2, 0.25) is 0 Å². The highest BCUT2D eigenvalue weighted by molar-refractivity contribution is 6.04. The SMILES string of the molecule is CCCOC(=O)C1=C(C)NC2=C(C(=O)C[C@@H](c3ccc(OC)c(OC)c3)C2)[C@H]1c1ccccc1OC. The predicted molar refractivity (Wildman–Crippen MR) is 136 cm³/mol. The Hall–Kier alpha value is -3.74. The zero-order valence-electron chi connectivity index (χ0n) is 21.5. The summed E-state index contributed by atoms with van der Waals surface area (Å²) in [5.74, 6) is 0.863. The van der Waals surface area contributed by atoms with E-state index in [0.29, 0.717) is 60.0 Å². The maximum atomic E-state index is 13.8. The van der Waals surface area contributed by atoms with Crippen LogP contribution >= 0.6 is 0 Å². The Morgan fingerprint density at radius 3 is 2.39 bits per heavy atom. The number of allylic oxidation sites excluding steroid dienone is 3. The first-order valence-electron chi connectivity index (χ1n) is 12.2. The highest BCUT2D eigenvalue weighted by atomic mass is 16.5. The third kappa shape index (κ3) is 4.70. The number of nitrogens with one attached hydrogen (secondary N) is 1. The van der Waals surface area contributed by atoms with Crippen LogP contribution in [0.2, 0.25) is 0 Å². The van der Waals surface area contributed by atoms with Crippen LogP contribution in [-0.2, 0) is 14.3 Å². The number of dihydropyridines is 1. The van der Waals surface area contributed by atoms with Gasteiger partial charge in [0, 0.05) is 29.0 Å². The van der Waals surface area contributed by atoms with Crippen LogP contribution in [-0.4, -0.2) is 39.7 Å². The summed E-state index contributed by atoms with van der Waals surface area (Å²) in [6.07, 6.45) is 1.65. The zero-order valence-corrected chi connectivity index (χ0v) is 21.5. The van der Waals surface area contributed by atoms with Crippen molar-refractivity contribution in [3.63, 3.8) is 0 Å². The molecule has 0 aromatic heterocycles. The molecule has 0 unspecified atom stereocenters. The van der Waals surface area contributed by atoms with E-state index in [0.717, 1.165) is 16.8 Å². The Morgan fingerprint density at radius 1 is 0.972 bits per heavy atom. The van der Waals surface area contributed by atoms with Crippen LogP contribution in [0, 0.1) is 0 Å². The first-order valence-corrected chi connectivity index (χ1v) is 12.2. The number of esters is 1. The molecule has 0 radical (unpaired) electrons. The summed E-state index contributed by atoms with van der Waals surface area (Å²) in [6, 6.07) is 13.3. The molecule has 4 rings (SSSR count). The lowest BCUT2D eigenvalue weighted by molar-refractivity contribution is -0.139. The van der Waals surface area contributed by atoms with Gasteiger partial charge in [-0.3, -0.25) is 4.79 Å². The van der Waals surface area contributed by atoms with Gasteiger partial charge in [-0.15, -0.1) is 0 Å². The Bertz CT molecular complexity index is 1230. The molecule has 2 aliphatic rings. The van der Waals surface area contributed by atoms with Crippen LogP contribution in [0.5, 0.6) is 17.2 Å². The second kappa shape index (κ2) is 10.9. The van der Waals surface area contributed by atoms with Gasteiger partial charge in [-0.05, 0) is 49.4 Å². The largest absolute Gasteiger partial charge is 0.496 e. The molecule has 1 aliphatic heterocycles. The molecule has 2 aromatic rings. The van der Waals surface area contributed by atoms with E-state index in [4.69, 9.17) is 18.9 Å². The fourth-order valence-corrected chi connectivity index (χ4v) is 5.14. The summed E-state index contributed by atoms with van der Waals surface area (Å²) in [5.41, 5.74) is 4.33. The van der Waals surface area contributed by atoms with Gasteiger partial charge in [-0.2, -0.15) is 0 Å². The van der Waals surface area contributed by atoms with Gasteiger partial charge in [0.1, 0.15) is 5.75 Å². The monoisotopic (exact) mass is 491 g/mol. The van der Waals surface area contributed by atoms with E-state index in [1.54, 1.807) is 21.3 Å². The fraction of sp³-hybridized carbons (Fsp3) is 0.379. The molecule has 1 N–H and O–H groups in total. The molecule has 0 saturated heterocycles. The highest BCUT2D eigenvalue weighted by Gasteiger charge is 2.42. The molecule has 190 valence electrons. The number of hydrogen-bond donors (Lipinski definition) is 1. The van der Waals surface area contributed by atoms with Crippen LogP contribution in [0.1, 0.15) is 56.1 Å². The number of ketones is 1. The third-order valence-electron chi connectivity index (χ3n) is 6.81. The number of hydrogen-bond acceptors (Lipinski definition) is 7. The second-order valence-electron chi connectivity index (χ2n) is 9.01. The minimum Gasteiger partial charge on any atom is -0.496 e. The first-order chi connectivity index (χ1) is 17.4. The van der Waals surface area contributed by atoms with Crippen molar-refractivity contribution in [1.29, 1.82) is 0 Å². The molecule has 0 fully saturated rings. The van der Waals surface area contributed by atoms with E-state index in [1.807, 2.05) is 56.3 Å². The minimum atomic E-state index is -0.569. The number of carbonyl (C=O) groups excluding carboxylic acids is 2. The van der Waals surface area contributed by atoms with Crippen LogP contribution < -0.4 is 19.5 Å². The molecule has 7 heteroatoms. The quantitative estimate of drug-likeness (QED) is 0.519. The van der Waals surface area contributed by atoms with Gasteiger partial charge in [-0.25, -0.2) is 4.79 Å². The molecule has 2 aromatic carbocycles. The zero-order chi connectivity index (χ0) is 25.8. The molecule has 1 aliphatic carbocycles. The lowest BCUT2D eigenvalue weighted by Gasteiger charge is -2.37. The van der Waals surface area contributed by atoms with Crippen molar-refractivity contribution in [3.8, 4) is 17.2 Å². The van der Waals surface area contributed by atoms with Crippen molar-refractivity contribution in [2.45, 2.75) is 44.9 Å². The first kappa shape index (κ1) is 25.4. The van der Waals surface area contributed by atoms with E-state index < -0.39 is 11.9 Å². The van der Waals surface area contributed by atoms with Crippen molar-refractivity contribution in [3.05, 3.63) is 76.1 Å². The molecule has 1 heterocycles. The number of benzene rings is 2. The summed E-state index contributed by atoms with van der Waals surface area (Å²) < 4.78 is 22.0. The summed E-state index contributed by atoms with van der Waals surface area (Å²) in [4.78, 5) is 27.0. The molecule has 2 atom stereocenters. The lowest BCUT2D eigenvalue weighted by atomic mass is 9.71. The number of Topliss-reactive ketones (excluding diaryl/α,β-unsaturated/α-hetero) is 1. The summed E-state index contributed by atoms with van der Waals surface area (Å²) >= 11 is 0. The molecule has 0 saturated carbocycles. The highest BCUT2D eigenvalue weighted by Crippen LogP contribution is 2.48. The number of rotatable bonds is 8. The molecule has 0 spiro atoms.